The standard InChI is InChI=1S/C66H46N2/c1-4-13-47(14-5-1)50-23-25-51(26-24-50)53-27-36-59(37-28-53)67(60-38-31-54(32-39-60)57-20-12-19-56(45-57)49-17-8-3-9-18-49)61-40-33-55(34-41-61)58-35-44-66-64(46-58)63-21-10-11-22-65(63)68(66)62-42-29-52(30-43-62)48-15-6-2-7-16-48/h1-46H/i1D,4D,5D,13D,14D,23D,24D,25D,26D,27D,28D,33D,34D,36D,37D,40D,41D. The summed E-state index contributed by atoms with van der Waals surface area (Å²) < 4.78 is 158. The van der Waals surface area contributed by atoms with Crippen molar-refractivity contribution in [3.8, 4) is 72.4 Å². The van der Waals surface area contributed by atoms with Crippen molar-refractivity contribution >= 4 is 38.9 Å². The molecule has 0 aliphatic heterocycles. The van der Waals surface area contributed by atoms with E-state index in [-0.39, 0.29) is 11.3 Å². The van der Waals surface area contributed by atoms with Crippen molar-refractivity contribution in [1.29, 1.82) is 0 Å². The van der Waals surface area contributed by atoms with E-state index < -0.39 is 136 Å². The minimum absolute atomic E-state index is 0.0383. The Kier molecular flexibility index (Phi) is 6.86. The highest BCUT2D eigenvalue weighted by molar-refractivity contribution is 6.10. The molecular weight excluding hydrogens is 821 g/mol. The quantitative estimate of drug-likeness (QED) is 0.133. The zero-order valence-electron chi connectivity index (χ0n) is 53.1. The molecule has 0 atom stereocenters. The normalized spacial score (nSPS) is 14.7. The predicted octanol–water partition coefficient (Wildman–Crippen LogP) is 18.3. The lowest BCUT2D eigenvalue weighted by atomic mass is 9.98. The average molecular weight is 884 g/mol. The third-order valence-electron chi connectivity index (χ3n) is 11.9. The smallest absolute Gasteiger partial charge is 0.0645 e. The number of hydrogen-bond donors (Lipinski definition) is 0. The Balaban J connectivity index is 1.03. The van der Waals surface area contributed by atoms with Crippen LogP contribution in [0.3, 0.4) is 0 Å². The van der Waals surface area contributed by atoms with Gasteiger partial charge < -0.3 is 9.47 Å². The van der Waals surface area contributed by atoms with Gasteiger partial charge in [0.25, 0.3) is 0 Å². The van der Waals surface area contributed by atoms with Crippen molar-refractivity contribution in [2.45, 2.75) is 0 Å². The van der Waals surface area contributed by atoms with Crippen LogP contribution in [0.25, 0.3) is 94.3 Å². The van der Waals surface area contributed by atoms with Gasteiger partial charge in [0.1, 0.15) is 0 Å². The molecule has 1 aromatic heterocycles. The molecule has 0 fully saturated rings. The molecule has 0 aliphatic carbocycles. The van der Waals surface area contributed by atoms with Gasteiger partial charge in [0, 0.05) is 33.5 Å². The zero-order valence-corrected chi connectivity index (χ0v) is 36.1. The van der Waals surface area contributed by atoms with Gasteiger partial charge in [-0.3, -0.25) is 0 Å². The van der Waals surface area contributed by atoms with E-state index >= 15 is 0 Å². The van der Waals surface area contributed by atoms with Crippen molar-refractivity contribution < 1.29 is 23.3 Å². The fourth-order valence-electron chi connectivity index (χ4n) is 8.56. The van der Waals surface area contributed by atoms with Crippen LogP contribution in [0, 0.1) is 0 Å². The molecule has 11 aromatic carbocycles. The summed E-state index contributed by atoms with van der Waals surface area (Å²) in [6, 6.07) is 43.1. The number of nitrogens with zero attached hydrogens (tertiary/aromatic N) is 2. The molecule has 12 aromatic rings. The van der Waals surface area contributed by atoms with E-state index in [9.17, 15) is 11.0 Å². The fraction of sp³-hybridized carbons (Fsp3) is 0. The largest absolute Gasteiger partial charge is 0.311 e. The third-order valence-corrected chi connectivity index (χ3v) is 11.9. The highest BCUT2D eigenvalue weighted by atomic mass is 15.1. The number of para-hydroxylation sites is 1. The lowest BCUT2D eigenvalue weighted by Crippen LogP contribution is -2.09. The summed E-state index contributed by atoms with van der Waals surface area (Å²) >= 11 is 0. The van der Waals surface area contributed by atoms with E-state index in [0.29, 0.717) is 5.56 Å². The fourth-order valence-corrected chi connectivity index (χ4v) is 8.56. The maximum absolute atomic E-state index is 9.81. The molecule has 0 amide bonds. The summed E-state index contributed by atoms with van der Waals surface area (Å²) in [7, 11) is 0. The molecule has 0 spiro atoms. The molecular formula is C66H46N2. The number of fused-ring (bicyclic) bond motifs is 3. The maximum atomic E-state index is 9.81. The first-order valence-electron chi connectivity index (χ1n) is 30.4. The third kappa shape index (κ3) is 7.85. The number of benzene rings is 11. The molecule has 1 heterocycles. The van der Waals surface area contributed by atoms with Crippen molar-refractivity contribution in [3.05, 3.63) is 279 Å². The molecule has 0 unspecified atom stereocenters. The van der Waals surface area contributed by atoms with Crippen LogP contribution >= 0.6 is 0 Å². The van der Waals surface area contributed by atoms with Crippen LogP contribution in [0.5, 0.6) is 0 Å². The molecule has 0 radical (unpaired) electrons. The van der Waals surface area contributed by atoms with Crippen LogP contribution < -0.4 is 4.90 Å². The molecule has 0 saturated carbocycles. The maximum Gasteiger partial charge on any atom is 0.0645 e. The summed E-state index contributed by atoms with van der Waals surface area (Å²) in [5, 5.41) is 1.66. The molecule has 2 nitrogen and oxygen atoms in total. The summed E-state index contributed by atoms with van der Waals surface area (Å²) in [4.78, 5) is 1.13. The Morgan fingerprint density at radius 3 is 1.28 bits per heavy atom. The van der Waals surface area contributed by atoms with Gasteiger partial charge in [0.2, 0.25) is 0 Å². The van der Waals surface area contributed by atoms with Crippen LogP contribution in [-0.2, 0) is 0 Å². The predicted molar refractivity (Wildman–Crippen MR) is 288 cm³/mol. The zero-order chi connectivity index (χ0) is 60.0. The van der Waals surface area contributed by atoms with Crippen LogP contribution in [0.1, 0.15) is 23.3 Å². The van der Waals surface area contributed by atoms with E-state index in [0.717, 1.165) is 65.8 Å². The van der Waals surface area contributed by atoms with Gasteiger partial charge in [0.05, 0.1) is 34.3 Å². The summed E-state index contributed by atoms with van der Waals surface area (Å²) in [5.74, 6) is 0. The van der Waals surface area contributed by atoms with Crippen LogP contribution in [-0.4, -0.2) is 4.57 Å². The van der Waals surface area contributed by atoms with Crippen molar-refractivity contribution in [2.24, 2.45) is 0 Å². The van der Waals surface area contributed by atoms with E-state index in [1.165, 1.54) is 0 Å². The first kappa shape index (κ1) is 26.2. The highest BCUT2D eigenvalue weighted by Crippen LogP contribution is 2.40. The Morgan fingerprint density at radius 1 is 0.265 bits per heavy atom. The van der Waals surface area contributed by atoms with Gasteiger partial charge in [-0.05, 0) is 139 Å². The molecule has 320 valence electrons. The van der Waals surface area contributed by atoms with Gasteiger partial charge in [-0.25, -0.2) is 0 Å². The lowest BCUT2D eigenvalue weighted by molar-refractivity contribution is 1.18. The number of hydrogen-bond acceptors (Lipinski definition) is 1. The van der Waals surface area contributed by atoms with Crippen LogP contribution in [0.2, 0.25) is 0 Å². The Hall–Kier alpha value is -8.98. The molecule has 0 saturated heterocycles. The first-order valence-corrected chi connectivity index (χ1v) is 21.9. The second-order valence-electron chi connectivity index (χ2n) is 16.0. The second kappa shape index (κ2) is 17.8. The average Bonchev–Trinajstić information content (AvgIpc) is 1.77. The van der Waals surface area contributed by atoms with Crippen LogP contribution in [0.15, 0.2) is 279 Å². The Bertz CT molecular complexity index is 4600. The Morgan fingerprint density at radius 2 is 0.676 bits per heavy atom. The topological polar surface area (TPSA) is 8.17 Å². The van der Waals surface area contributed by atoms with Gasteiger partial charge in [-0.15, -0.1) is 0 Å². The molecule has 68 heavy (non-hydrogen) atoms. The number of anilines is 3. The van der Waals surface area contributed by atoms with E-state index in [1.54, 1.807) is 30.3 Å². The minimum atomic E-state index is -0.879. The number of rotatable bonds is 10. The van der Waals surface area contributed by atoms with E-state index in [4.69, 9.17) is 12.3 Å². The first-order chi connectivity index (χ1) is 40.8. The minimum Gasteiger partial charge on any atom is -0.311 e. The molecule has 12 rings (SSSR count). The lowest BCUT2D eigenvalue weighted by Gasteiger charge is -2.26. The monoisotopic (exact) mass is 883 g/mol. The molecule has 0 N–H and O–H groups in total. The molecule has 0 aliphatic rings. The summed E-state index contributed by atoms with van der Waals surface area (Å²) in [5.41, 5.74) is 5.17. The Labute approximate surface area is 421 Å². The summed E-state index contributed by atoms with van der Waals surface area (Å²) in [6.07, 6.45) is 0. The van der Waals surface area contributed by atoms with Crippen molar-refractivity contribution in [3.63, 3.8) is 0 Å². The van der Waals surface area contributed by atoms with E-state index in [1.807, 2.05) is 133 Å². The summed E-state index contributed by atoms with van der Waals surface area (Å²) in [6.45, 7) is 0. The molecule has 2 heteroatoms. The molecule has 0 bridgehead atoms. The van der Waals surface area contributed by atoms with E-state index in [2.05, 4.69) is 16.7 Å². The van der Waals surface area contributed by atoms with Crippen LogP contribution in [0.4, 0.5) is 17.1 Å². The number of aromatic nitrogens is 1. The highest BCUT2D eigenvalue weighted by Gasteiger charge is 2.17. The van der Waals surface area contributed by atoms with Gasteiger partial charge in [0.15, 0.2) is 0 Å². The second-order valence-corrected chi connectivity index (χ2v) is 16.0. The van der Waals surface area contributed by atoms with Gasteiger partial charge >= 0.3 is 0 Å². The van der Waals surface area contributed by atoms with Gasteiger partial charge in [-0.2, -0.15) is 0 Å². The van der Waals surface area contributed by atoms with Crippen molar-refractivity contribution in [2.75, 3.05) is 4.90 Å². The SMILES string of the molecule is [2H]c1c([2H])c([2H])c(-c2c([2H])c([2H])c(-c3c([2H])c([2H])c(N(c4ccc(-c5cccc(-c6ccccc6)c5)cc4)c4c([2H])c([2H])c(-c5ccc6c(c5)c5ccccc5n6-c5ccc(-c6ccccc6)cc5)c([2H])c4[2H])c([2H])c3[2H])c([2H])c2[2H])c([2H])c1[2H]. The van der Waals surface area contributed by atoms with Crippen molar-refractivity contribution in [1.82, 2.24) is 4.57 Å². The van der Waals surface area contributed by atoms with Gasteiger partial charge in [-0.1, -0.05) is 206 Å².